The lowest BCUT2D eigenvalue weighted by atomic mass is 9.85. The Morgan fingerprint density at radius 2 is 1.92 bits per heavy atom. The smallest absolute Gasteiger partial charge is 0.230 e. The fraction of sp³-hybridized carbons (Fsp3) is 0.632. The first-order chi connectivity index (χ1) is 12.1. The predicted octanol–water partition coefficient (Wildman–Crippen LogP) is 2.29. The van der Waals surface area contributed by atoms with Gasteiger partial charge in [0, 0.05) is 43.6 Å². The van der Waals surface area contributed by atoms with Gasteiger partial charge >= 0.3 is 0 Å². The molecule has 3 rings (SSSR count). The van der Waals surface area contributed by atoms with Crippen LogP contribution in [0.2, 0.25) is 0 Å². The average molecular weight is 345 g/mol. The molecule has 0 aromatic carbocycles. The maximum absolute atomic E-state index is 13.2. The van der Waals surface area contributed by atoms with Crippen molar-refractivity contribution < 1.29 is 14.3 Å². The van der Waals surface area contributed by atoms with E-state index in [1.54, 1.807) is 19.3 Å². The second-order valence-corrected chi connectivity index (χ2v) is 7.04. The Morgan fingerprint density at radius 1 is 1.20 bits per heavy atom. The molecule has 1 N–H and O–H groups in total. The van der Waals surface area contributed by atoms with Gasteiger partial charge in [-0.1, -0.05) is 0 Å². The molecule has 1 aliphatic carbocycles. The number of ether oxygens (including phenoxy) is 1. The third-order valence-electron chi connectivity index (χ3n) is 5.13. The molecule has 136 valence electrons. The number of carbonyl (C=O) groups excluding carboxylic acids is 2. The molecule has 1 atom stereocenters. The number of pyridine rings is 1. The summed E-state index contributed by atoms with van der Waals surface area (Å²) in [6.45, 7) is 2.93. The van der Waals surface area contributed by atoms with Gasteiger partial charge in [-0.3, -0.25) is 14.6 Å². The number of hydrogen-bond acceptors (Lipinski definition) is 4. The summed E-state index contributed by atoms with van der Waals surface area (Å²) in [6.07, 6.45) is 8.98. The minimum absolute atomic E-state index is 0.00608. The molecular weight excluding hydrogens is 318 g/mol. The highest BCUT2D eigenvalue weighted by atomic mass is 16.5. The quantitative estimate of drug-likeness (QED) is 0.889. The van der Waals surface area contributed by atoms with Crippen LogP contribution in [0.15, 0.2) is 24.5 Å². The number of anilines is 1. The molecule has 6 heteroatoms. The Morgan fingerprint density at radius 3 is 2.52 bits per heavy atom. The molecule has 2 amide bonds. The molecule has 1 aromatic heterocycles. The summed E-state index contributed by atoms with van der Waals surface area (Å²) < 4.78 is 5.75. The van der Waals surface area contributed by atoms with E-state index in [4.69, 9.17) is 4.74 Å². The highest BCUT2D eigenvalue weighted by Gasteiger charge is 2.32. The summed E-state index contributed by atoms with van der Waals surface area (Å²) in [5.74, 6) is 0.189. The van der Waals surface area contributed by atoms with Crippen LogP contribution in [-0.4, -0.2) is 42.1 Å². The van der Waals surface area contributed by atoms with Gasteiger partial charge in [0.2, 0.25) is 11.8 Å². The largest absolute Gasteiger partial charge is 0.376 e. The number of aromatic nitrogens is 1. The van der Waals surface area contributed by atoms with Gasteiger partial charge < -0.3 is 15.0 Å². The summed E-state index contributed by atoms with van der Waals surface area (Å²) in [5.41, 5.74) is 0.888. The molecule has 2 heterocycles. The lowest BCUT2D eigenvalue weighted by molar-refractivity contribution is -0.124. The maximum atomic E-state index is 13.2. The molecule has 2 fully saturated rings. The summed E-state index contributed by atoms with van der Waals surface area (Å²) in [4.78, 5) is 30.3. The number of rotatable bonds is 5. The van der Waals surface area contributed by atoms with E-state index in [1.165, 1.54) is 0 Å². The van der Waals surface area contributed by atoms with Crippen molar-refractivity contribution in [1.82, 2.24) is 10.3 Å². The van der Waals surface area contributed by atoms with E-state index in [1.807, 2.05) is 17.0 Å². The molecule has 25 heavy (non-hydrogen) atoms. The van der Waals surface area contributed by atoms with Crippen LogP contribution in [0.5, 0.6) is 0 Å². The van der Waals surface area contributed by atoms with Crippen LogP contribution in [0.4, 0.5) is 5.69 Å². The fourth-order valence-electron chi connectivity index (χ4n) is 3.83. The lowest BCUT2D eigenvalue weighted by Crippen LogP contribution is -2.44. The molecule has 1 aliphatic heterocycles. The van der Waals surface area contributed by atoms with Crippen molar-refractivity contribution >= 4 is 17.5 Å². The Bertz CT molecular complexity index is 579. The molecule has 1 aromatic rings. The molecule has 2 aliphatic rings. The van der Waals surface area contributed by atoms with Crippen LogP contribution in [0.1, 0.15) is 45.4 Å². The van der Waals surface area contributed by atoms with Gasteiger partial charge in [0.15, 0.2) is 0 Å². The molecule has 1 saturated carbocycles. The molecule has 0 bridgehead atoms. The van der Waals surface area contributed by atoms with Crippen LogP contribution >= 0.6 is 0 Å². The molecule has 1 unspecified atom stereocenters. The van der Waals surface area contributed by atoms with E-state index in [-0.39, 0.29) is 29.9 Å². The molecule has 1 saturated heterocycles. The first-order valence-electron chi connectivity index (χ1n) is 9.23. The van der Waals surface area contributed by atoms with Gasteiger partial charge in [0.05, 0.1) is 12.6 Å². The second kappa shape index (κ2) is 8.43. The first-order valence-corrected chi connectivity index (χ1v) is 9.23. The topological polar surface area (TPSA) is 71.5 Å². The fourth-order valence-corrected chi connectivity index (χ4v) is 3.83. The minimum atomic E-state index is 0.00608. The third-order valence-corrected chi connectivity index (χ3v) is 5.13. The van der Waals surface area contributed by atoms with Gasteiger partial charge in [-0.25, -0.2) is 0 Å². The Hall–Kier alpha value is -1.95. The summed E-state index contributed by atoms with van der Waals surface area (Å²) in [5, 5.41) is 2.97. The van der Waals surface area contributed by atoms with Crippen molar-refractivity contribution in [1.29, 1.82) is 0 Å². The van der Waals surface area contributed by atoms with Crippen LogP contribution in [0.25, 0.3) is 0 Å². The Kier molecular flexibility index (Phi) is 6.02. The number of carbonyl (C=O) groups is 2. The molecule has 0 spiro atoms. The van der Waals surface area contributed by atoms with E-state index in [9.17, 15) is 9.59 Å². The van der Waals surface area contributed by atoms with E-state index in [0.717, 1.165) is 50.8 Å². The molecule has 6 nitrogen and oxygen atoms in total. The van der Waals surface area contributed by atoms with Crippen molar-refractivity contribution in [2.45, 2.75) is 57.6 Å². The molecule has 0 radical (unpaired) electrons. The van der Waals surface area contributed by atoms with Crippen LogP contribution in [0.3, 0.4) is 0 Å². The third kappa shape index (κ3) is 4.78. The zero-order chi connectivity index (χ0) is 17.6. The van der Waals surface area contributed by atoms with Crippen LogP contribution in [-0.2, 0) is 14.3 Å². The average Bonchev–Trinajstić information content (AvgIpc) is 3.13. The second-order valence-electron chi connectivity index (χ2n) is 7.04. The van der Waals surface area contributed by atoms with Gasteiger partial charge in [-0.2, -0.15) is 0 Å². The normalized spacial score (nSPS) is 26.2. The SMILES string of the molecule is CC(=O)NC1CCC(C(=O)N(CC2CCCO2)c2ccncc2)CC1. The van der Waals surface area contributed by atoms with E-state index >= 15 is 0 Å². The first kappa shape index (κ1) is 17.9. The van der Waals surface area contributed by atoms with Crippen molar-refractivity contribution in [2.75, 3.05) is 18.1 Å². The highest BCUT2D eigenvalue weighted by molar-refractivity contribution is 5.95. The lowest BCUT2D eigenvalue weighted by Gasteiger charge is -2.33. The van der Waals surface area contributed by atoms with E-state index < -0.39 is 0 Å². The summed E-state index contributed by atoms with van der Waals surface area (Å²) >= 11 is 0. The van der Waals surface area contributed by atoms with Crippen molar-refractivity contribution in [3.8, 4) is 0 Å². The number of nitrogens with zero attached hydrogens (tertiary/aromatic N) is 2. The number of nitrogens with one attached hydrogen (secondary N) is 1. The Balaban J connectivity index is 1.66. The zero-order valence-corrected chi connectivity index (χ0v) is 14.8. The van der Waals surface area contributed by atoms with Crippen molar-refractivity contribution in [2.24, 2.45) is 5.92 Å². The number of amides is 2. The van der Waals surface area contributed by atoms with Crippen molar-refractivity contribution in [3.63, 3.8) is 0 Å². The Labute approximate surface area is 148 Å². The minimum Gasteiger partial charge on any atom is -0.376 e. The summed E-state index contributed by atoms with van der Waals surface area (Å²) in [7, 11) is 0. The standard InChI is InChI=1S/C19H27N3O3/c1-14(23)21-16-6-4-15(5-7-16)19(24)22(13-18-3-2-12-25-18)17-8-10-20-11-9-17/h8-11,15-16,18H,2-7,12-13H2,1H3,(H,21,23). The van der Waals surface area contributed by atoms with Gasteiger partial charge in [-0.05, 0) is 50.7 Å². The maximum Gasteiger partial charge on any atom is 0.230 e. The van der Waals surface area contributed by atoms with E-state index in [2.05, 4.69) is 10.3 Å². The number of hydrogen-bond donors (Lipinski definition) is 1. The predicted molar refractivity (Wildman–Crippen MR) is 95.1 cm³/mol. The van der Waals surface area contributed by atoms with Gasteiger partial charge in [-0.15, -0.1) is 0 Å². The van der Waals surface area contributed by atoms with Crippen LogP contribution in [0, 0.1) is 5.92 Å². The van der Waals surface area contributed by atoms with E-state index in [0.29, 0.717) is 6.54 Å². The summed E-state index contributed by atoms with van der Waals surface area (Å²) in [6, 6.07) is 3.97. The zero-order valence-electron chi connectivity index (χ0n) is 14.8. The van der Waals surface area contributed by atoms with Crippen LogP contribution < -0.4 is 10.2 Å². The van der Waals surface area contributed by atoms with Gasteiger partial charge in [0.1, 0.15) is 0 Å². The van der Waals surface area contributed by atoms with Crippen molar-refractivity contribution in [3.05, 3.63) is 24.5 Å². The van der Waals surface area contributed by atoms with Gasteiger partial charge in [0.25, 0.3) is 0 Å². The highest BCUT2D eigenvalue weighted by Crippen LogP contribution is 2.29. The molecular formula is C19H27N3O3. The monoisotopic (exact) mass is 345 g/mol.